The maximum absolute atomic E-state index is 10.6. The summed E-state index contributed by atoms with van der Waals surface area (Å²) in [6.45, 7) is 2.38. The summed E-state index contributed by atoms with van der Waals surface area (Å²) in [6.07, 6.45) is 9.04. The lowest BCUT2D eigenvalue weighted by molar-refractivity contribution is 0.112. The molecule has 0 radical (unpaired) electrons. The molecule has 0 bridgehead atoms. The minimum absolute atomic E-state index is 0.778. The molecular formula is C16H22O. The second-order valence-electron chi connectivity index (χ2n) is 5.54. The van der Waals surface area contributed by atoms with Gasteiger partial charge in [0.1, 0.15) is 6.29 Å². The van der Waals surface area contributed by atoms with Gasteiger partial charge in [0.05, 0.1) is 0 Å². The van der Waals surface area contributed by atoms with Gasteiger partial charge in [0.15, 0.2) is 0 Å². The van der Waals surface area contributed by atoms with E-state index in [0.29, 0.717) is 0 Å². The molecule has 1 nitrogen and oxygen atoms in total. The highest BCUT2D eigenvalue weighted by Crippen LogP contribution is 2.31. The van der Waals surface area contributed by atoms with Crippen molar-refractivity contribution in [2.45, 2.75) is 45.4 Å². The van der Waals surface area contributed by atoms with Crippen molar-refractivity contribution in [3.8, 4) is 0 Å². The van der Waals surface area contributed by atoms with Crippen LogP contribution in [-0.4, -0.2) is 6.29 Å². The predicted molar refractivity (Wildman–Crippen MR) is 71.3 cm³/mol. The van der Waals surface area contributed by atoms with Gasteiger partial charge >= 0.3 is 0 Å². The number of aldehydes is 1. The van der Waals surface area contributed by atoms with Crippen LogP contribution in [0.1, 0.15) is 54.9 Å². The molecule has 1 heteroatoms. The highest BCUT2D eigenvalue weighted by molar-refractivity contribution is 5.74. The number of aryl methyl sites for hydroxylation is 1. The molecule has 0 saturated heterocycles. The van der Waals surface area contributed by atoms with E-state index >= 15 is 0 Å². The second-order valence-corrected chi connectivity index (χ2v) is 5.54. The van der Waals surface area contributed by atoms with E-state index < -0.39 is 0 Å². The summed E-state index contributed by atoms with van der Waals surface area (Å²) in [7, 11) is 0. The van der Waals surface area contributed by atoms with Crippen molar-refractivity contribution in [3.63, 3.8) is 0 Å². The van der Waals surface area contributed by atoms with E-state index in [1.54, 1.807) is 0 Å². The molecule has 1 aliphatic rings. The van der Waals surface area contributed by atoms with Gasteiger partial charge in [-0.05, 0) is 36.7 Å². The second kappa shape index (κ2) is 6.00. The largest absolute Gasteiger partial charge is 0.298 e. The molecule has 1 aromatic carbocycles. The third-order valence-electron chi connectivity index (χ3n) is 4.00. The van der Waals surface area contributed by atoms with Crippen LogP contribution in [0.5, 0.6) is 0 Å². The number of hydrogen-bond acceptors (Lipinski definition) is 1. The molecule has 0 spiro atoms. The fourth-order valence-corrected chi connectivity index (χ4v) is 2.96. The first kappa shape index (κ1) is 12.3. The zero-order valence-electron chi connectivity index (χ0n) is 10.7. The molecule has 17 heavy (non-hydrogen) atoms. The summed E-state index contributed by atoms with van der Waals surface area (Å²) >= 11 is 0. The Kier molecular flexibility index (Phi) is 4.36. The molecule has 1 aliphatic carbocycles. The van der Waals surface area contributed by atoms with Gasteiger partial charge < -0.3 is 0 Å². The first-order valence-corrected chi connectivity index (χ1v) is 6.82. The summed E-state index contributed by atoms with van der Waals surface area (Å²) in [4.78, 5) is 10.6. The molecule has 0 N–H and O–H groups in total. The average molecular weight is 230 g/mol. The smallest absolute Gasteiger partial charge is 0.150 e. The fourth-order valence-electron chi connectivity index (χ4n) is 2.96. The normalized spacial score (nSPS) is 24.5. The molecule has 1 aromatic rings. The molecule has 1 fully saturated rings. The monoisotopic (exact) mass is 230 g/mol. The highest BCUT2D eigenvalue weighted by atomic mass is 16.1. The van der Waals surface area contributed by atoms with Crippen LogP contribution < -0.4 is 0 Å². The van der Waals surface area contributed by atoms with E-state index in [0.717, 1.165) is 30.1 Å². The van der Waals surface area contributed by atoms with Crippen molar-refractivity contribution in [1.82, 2.24) is 0 Å². The number of carbonyl (C=O) groups excluding carboxylic acids is 1. The van der Waals surface area contributed by atoms with Crippen molar-refractivity contribution in [2.24, 2.45) is 11.8 Å². The van der Waals surface area contributed by atoms with Crippen molar-refractivity contribution in [1.29, 1.82) is 0 Å². The van der Waals surface area contributed by atoms with Gasteiger partial charge in [-0.15, -0.1) is 0 Å². The molecule has 2 atom stereocenters. The number of carbonyl (C=O) groups is 1. The molecule has 2 rings (SSSR count). The Labute approximate surface area is 104 Å². The summed E-state index contributed by atoms with van der Waals surface area (Å²) in [6, 6.07) is 8.03. The molecule has 0 aliphatic heterocycles. The minimum atomic E-state index is 0.778. The zero-order chi connectivity index (χ0) is 12.1. The van der Waals surface area contributed by atoms with E-state index in [2.05, 4.69) is 19.1 Å². The van der Waals surface area contributed by atoms with Crippen molar-refractivity contribution in [3.05, 3.63) is 35.4 Å². The van der Waals surface area contributed by atoms with Crippen LogP contribution in [-0.2, 0) is 6.42 Å². The maximum atomic E-state index is 10.6. The van der Waals surface area contributed by atoms with Crippen LogP contribution >= 0.6 is 0 Å². The molecule has 0 aromatic heterocycles. The molecule has 2 unspecified atom stereocenters. The third kappa shape index (κ3) is 3.69. The Morgan fingerprint density at radius 1 is 1.24 bits per heavy atom. The van der Waals surface area contributed by atoms with E-state index in [1.165, 1.54) is 37.7 Å². The van der Waals surface area contributed by atoms with E-state index in [9.17, 15) is 4.79 Å². The molecular weight excluding hydrogens is 208 g/mol. The van der Waals surface area contributed by atoms with Gasteiger partial charge in [0.2, 0.25) is 0 Å². The van der Waals surface area contributed by atoms with Crippen LogP contribution in [0.15, 0.2) is 24.3 Å². The van der Waals surface area contributed by atoms with Gasteiger partial charge in [-0.2, -0.15) is 0 Å². The van der Waals surface area contributed by atoms with Gasteiger partial charge in [-0.3, -0.25) is 4.79 Å². The summed E-state index contributed by atoms with van der Waals surface area (Å²) in [5, 5.41) is 0. The summed E-state index contributed by atoms with van der Waals surface area (Å²) in [5.74, 6) is 1.84. The van der Waals surface area contributed by atoms with Crippen LogP contribution in [0.25, 0.3) is 0 Å². The minimum Gasteiger partial charge on any atom is -0.298 e. The van der Waals surface area contributed by atoms with Gasteiger partial charge in [0.25, 0.3) is 0 Å². The van der Waals surface area contributed by atoms with Crippen molar-refractivity contribution >= 4 is 6.29 Å². The maximum Gasteiger partial charge on any atom is 0.150 e. The molecule has 0 heterocycles. The van der Waals surface area contributed by atoms with Crippen LogP contribution in [0.4, 0.5) is 0 Å². The number of rotatable bonds is 4. The average Bonchev–Trinajstić information content (AvgIpc) is 2.37. The zero-order valence-corrected chi connectivity index (χ0v) is 10.7. The SMILES string of the molecule is CC1CCCC(CCc2ccc(C=O)cc2)C1. The van der Waals surface area contributed by atoms with Gasteiger partial charge in [-0.1, -0.05) is 50.5 Å². The van der Waals surface area contributed by atoms with Crippen molar-refractivity contribution in [2.75, 3.05) is 0 Å². The van der Waals surface area contributed by atoms with Crippen LogP contribution in [0, 0.1) is 11.8 Å². The Bertz CT molecular complexity index is 352. The highest BCUT2D eigenvalue weighted by Gasteiger charge is 2.18. The third-order valence-corrected chi connectivity index (χ3v) is 4.00. The lowest BCUT2D eigenvalue weighted by atomic mass is 9.80. The van der Waals surface area contributed by atoms with E-state index in [4.69, 9.17) is 0 Å². The Morgan fingerprint density at radius 3 is 2.65 bits per heavy atom. The summed E-state index contributed by atoms with van der Waals surface area (Å²) in [5.41, 5.74) is 2.15. The number of benzene rings is 1. The fraction of sp³-hybridized carbons (Fsp3) is 0.562. The van der Waals surface area contributed by atoms with Gasteiger partial charge in [0, 0.05) is 5.56 Å². The standard InChI is InChI=1S/C16H22O/c1-13-3-2-4-15(11-13)8-5-14-6-9-16(12-17)10-7-14/h6-7,9-10,12-13,15H,2-5,8,11H2,1H3. The molecule has 0 amide bonds. The lowest BCUT2D eigenvalue weighted by Gasteiger charge is -2.26. The Morgan fingerprint density at radius 2 is 2.00 bits per heavy atom. The Balaban J connectivity index is 1.82. The van der Waals surface area contributed by atoms with Crippen LogP contribution in [0.3, 0.4) is 0 Å². The first-order valence-electron chi connectivity index (χ1n) is 6.82. The number of hydrogen-bond donors (Lipinski definition) is 0. The first-order chi connectivity index (χ1) is 8.28. The predicted octanol–water partition coefficient (Wildman–Crippen LogP) is 4.26. The summed E-state index contributed by atoms with van der Waals surface area (Å²) < 4.78 is 0. The lowest BCUT2D eigenvalue weighted by Crippen LogP contribution is -2.13. The topological polar surface area (TPSA) is 17.1 Å². The Hall–Kier alpha value is -1.11. The molecule has 1 saturated carbocycles. The quantitative estimate of drug-likeness (QED) is 0.706. The van der Waals surface area contributed by atoms with Crippen LogP contribution in [0.2, 0.25) is 0 Å². The van der Waals surface area contributed by atoms with Crippen molar-refractivity contribution < 1.29 is 4.79 Å². The van der Waals surface area contributed by atoms with E-state index in [-0.39, 0.29) is 0 Å². The molecule has 92 valence electrons. The van der Waals surface area contributed by atoms with E-state index in [1.807, 2.05) is 12.1 Å². The van der Waals surface area contributed by atoms with Gasteiger partial charge in [-0.25, -0.2) is 0 Å².